The lowest BCUT2D eigenvalue weighted by molar-refractivity contribution is 0.312. The van der Waals surface area contributed by atoms with E-state index in [1.807, 2.05) is 0 Å². The van der Waals surface area contributed by atoms with Crippen LogP contribution in [0, 0.1) is 0 Å². The van der Waals surface area contributed by atoms with Gasteiger partial charge in [-0.1, -0.05) is 0 Å². The third-order valence-electron chi connectivity index (χ3n) is 1.48. The quantitative estimate of drug-likeness (QED) is 0.578. The predicted molar refractivity (Wildman–Crippen MR) is 54.3 cm³/mol. The van der Waals surface area contributed by atoms with Gasteiger partial charge in [-0.2, -0.15) is 4.98 Å². The molecule has 15 heavy (non-hydrogen) atoms. The van der Waals surface area contributed by atoms with Crippen molar-refractivity contribution in [3.63, 3.8) is 0 Å². The van der Waals surface area contributed by atoms with Gasteiger partial charge in [0.1, 0.15) is 11.6 Å². The lowest BCUT2D eigenvalue weighted by Crippen LogP contribution is -2.17. The van der Waals surface area contributed by atoms with Crippen LogP contribution in [-0.4, -0.2) is 22.5 Å². The van der Waals surface area contributed by atoms with Crippen LogP contribution in [0.4, 0.5) is 11.5 Å². The fraction of sp³-hybridized carbons (Fsp3) is 0.250. The highest BCUT2D eigenvalue weighted by atomic mass is 16.5. The molecular weight excluding hydrogens is 200 g/mol. The predicted octanol–water partition coefficient (Wildman–Crippen LogP) is -0.492. The number of aromatic nitrogens is 2. The first kappa shape index (κ1) is 10.8. The summed E-state index contributed by atoms with van der Waals surface area (Å²) >= 11 is 0. The molecule has 0 spiro atoms. The number of aromatic amines is 1. The first-order valence-electron chi connectivity index (χ1n) is 4.17. The molecule has 0 radical (unpaired) electrons. The molecule has 0 fully saturated rings. The second-order valence-electron chi connectivity index (χ2n) is 2.47. The molecule has 7 heteroatoms. The molecule has 0 saturated carbocycles. The minimum Gasteiger partial charge on any atom is -0.465 e. The van der Waals surface area contributed by atoms with Crippen LogP contribution in [0.25, 0.3) is 0 Å². The zero-order valence-corrected chi connectivity index (χ0v) is 8.03. The van der Waals surface area contributed by atoms with Crippen molar-refractivity contribution in [1.82, 2.24) is 9.97 Å². The molecule has 1 aromatic heterocycles. The molecule has 80 valence electrons. The summed E-state index contributed by atoms with van der Waals surface area (Å²) in [4.78, 5) is 27.4. The van der Waals surface area contributed by atoms with E-state index in [0.717, 1.165) is 6.20 Å². The highest BCUT2D eigenvalue weighted by Crippen LogP contribution is 2.12. The number of nitrogen functional groups attached to an aromatic ring is 1. The van der Waals surface area contributed by atoms with E-state index in [9.17, 15) is 9.59 Å². The third-order valence-corrected chi connectivity index (χ3v) is 1.48. The molecule has 0 amide bonds. The first-order valence-corrected chi connectivity index (χ1v) is 4.17. The Kier molecular flexibility index (Phi) is 3.48. The molecule has 1 rings (SSSR count). The molecule has 0 aliphatic heterocycles. The van der Waals surface area contributed by atoms with Crippen LogP contribution in [0.5, 0.6) is 6.01 Å². The van der Waals surface area contributed by atoms with Gasteiger partial charge in [-0.05, 0) is 6.92 Å². The van der Waals surface area contributed by atoms with Crippen LogP contribution in [0.1, 0.15) is 6.92 Å². The Morgan fingerprint density at radius 2 is 2.47 bits per heavy atom. The summed E-state index contributed by atoms with van der Waals surface area (Å²) in [7, 11) is 0. The average Bonchev–Trinajstić information content (AvgIpc) is 2.21. The molecule has 0 saturated heterocycles. The molecule has 1 aromatic rings. The Morgan fingerprint density at radius 1 is 1.73 bits per heavy atom. The average molecular weight is 210 g/mol. The van der Waals surface area contributed by atoms with E-state index in [2.05, 4.69) is 15.3 Å². The van der Waals surface area contributed by atoms with Crippen LogP contribution < -0.4 is 21.3 Å². The Balaban J connectivity index is 3.12. The second kappa shape index (κ2) is 4.83. The Morgan fingerprint density at radius 3 is 3.07 bits per heavy atom. The number of nitrogens with one attached hydrogen (secondary N) is 2. The Labute approximate surface area is 85.0 Å². The number of rotatable bonds is 4. The molecule has 7 nitrogen and oxygen atoms in total. The van der Waals surface area contributed by atoms with E-state index in [4.69, 9.17) is 10.5 Å². The van der Waals surface area contributed by atoms with E-state index in [1.54, 1.807) is 6.92 Å². The number of anilines is 2. The smallest absolute Gasteiger partial charge is 0.298 e. The number of ether oxygens (including phenoxy) is 1. The molecule has 0 bridgehead atoms. The van der Waals surface area contributed by atoms with Crippen molar-refractivity contribution in [2.45, 2.75) is 6.92 Å². The summed E-state index contributed by atoms with van der Waals surface area (Å²) in [6.07, 6.45) is 0.952. The summed E-state index contributed by atoms with van der Waals surface area (Å²) in [5.41, 5.74) is 4.76. The Bertz CT molecular complexity index is 448. The maximum Gasteiger partial charge on any atom is 0.298 e. The van der Waals surface area contributed by atoms with Crippen molar-refractivity contribution in [2.75, 3.05) is 17.7 Å². The molecular formula is C8H10N4O3. The summed E-state index contributed by atoms with van der Waals surface area (Å²) in [6.45, 7) is 2.10. The highest BCUT2D eigenvalue weighted by Gasteiger charge is 2.07. The van der Waals surface area contributed by atoms with Crippen LogP contribution in [0.2, 0.25) is 0 Å². The third kappa shape index (κ3) is 2.58. The molecule has 0 aliphatic carbocycles. The van der Waals surface area contributed by atoms with Crippen LogP contribution in [-0.2, 0) is 4.79 Å². The van der Waals surface area contributed by atoms with Crippen molar-refractivity contribution in [1.29, 1.82) is 0 Å². The monoisotopic (exact) mass is 210 g/mol. The minimum absolute atomic E-state index is 0.0403. The largest absolute Gasteiger partial charge is 0.465 e. The van der Waals surface area contributed by atoms with E-state index in [1.165, 1.54) is 5.94 Å². The number of hydrogen-bond donors (Lipinski definition) is 3. The number of hydrogen-bond acceptors (Lipinski definition) is 6. The second-order valence-corrected chi connectivity index (χ2v) is 2.47. The summed E-state index contributed by atoms with van der Waals surface area (Å²) < 4.78 is 4.99. The minimum atomic E-state index is -0.532. The molecule has 0 unspecified atom stereocenters. The van der Waals surface area contributed by atoms with Gasteiger partial charge in [-0.25, -0.2) is 4.79 Å². The van der Waals surface area contributed by atoms with E-state index < -0.39 is 5.56 Å². The molecule has 4 N–H and O–H groups in total. The fourth-order valence-electron chi connectivity index (χ4n) is 0.875. The fourth-order valence-corrected chi connectivity index (χ4v) is 0.875. The number of H-pyrrole nitrogens is 1. The maximum atomic E-state index is 11.2. The van der Waals surface area contributed by atoms with Gasteiger partial charge in [-0.15, -0.1) is 0 Å². The Hall–Kier alpha value is -2.27. The molecule has 0 aromatic carbocycles. The van der Waals surface area contributed by atoms with Crippen molar-refractivity contribution >= 4 is 17.4 Å². The van der Waals surface area contributed by atoms with E-state index in [-0.39, 0.29) is 17.5 Å². The summed E-state index contributed by atoms with van der Waals surface area (Å²) in [6, 6.07) is 0.0403. The van der Waals surface area contributed by atoms with Crippen molar-refractivity contribution in [3.8, 4) is 6.01 Å². The van der Waals surface area contributed by atoms with Gasteiger partial charge in [0.25, 0.3) is 11.6 Å². The number of nitrogens with zero attached hydrogens (tertiary/aromatic N) is 1. The van der Waals surface area contributed by atoms with Gasteiger partial charge in [0.05, 0.1) is 12.8 Å². The van der Waals surface area contributed by atoms with E-state index >= 15 is 0 Å². The van der Waals surface area contributed by atoms with Crippen LogP contribution in [0.15, 0.2) is 11.0 Å². The SMILES string of the molecule is CCOc1nc(NC=C=O)c(N)c(=O)[nH]1. The zero-order chi connectivity index (χ0) is 11.3. The topological polar surface area (TPSA) is 110 Å². The summed E-state index contributed by atoms with van der Waals surface area (Å²) in [5.74, 6) is 1.54. The molecule has 1 heterocycles. The van der Waals surface area contributed by atoms with Gasteiger partial charge < -0.3 is 15.8 Å². The first-order chi connectivity index (χ1) is 7.19. The van der Waals surface area contributed by atoms with Crippen molar-refractivity contribution in [3.05, 3.63) is 16.6 Å². The van der Waals surface area contributed by atoms with E-state index in [0.29, 0.717) is 6.61 Å². The highest BCUT2D eigenvalue weighted by molar-refractivity contribution is 5.64. The van der Waals surface area contributed by atoms with Crippen molar-refractivity contribution < 1.29 is 9.53 Å². The number of nitrogens with two attached hydrogens (primary N) is 1. The van der Waals surface area contributed by atoms with Gasteiger partial charge >= 0.3 is 0 Å². The van der Waals surface area contributed by atoms with Crippen LogP contribution in [0.3, 0.4) is 0 Å². The lowest BCUT2D eigenvalue weighted by Gasteiger charge is -2.05. The van der Waals surface area contributed by atoms with Gasteiger partial charge in [0.15, 0.2) is 5.82 Å². The normalized spacial score (nSPS) is 9.13. The van der Waals surface area contributed by atoms with Crippen molar-refractivity contribution in [2.24, 2.45) is 0 Å². The molecule has 0 aliphatic rings. The molecule has 0 atom stereocenters. The maximum absolute atomic E-state index is 11.2. The summed E-state index contributed by atoms with van der Waals surface area (Å²) in [5, 5.41) is 2.42. The standard InChI is InChI=1S/C8H10N4O3/c1-2-15-8-11-6(10-3-4-13)5(9)7(14)12-8/h3H,2,9H2,1H3,(H2,10,11,12,14). The van der Waals surface area contributed by atoms with Gasteiger partial charge in [-0.3, -0.25) is 9.78 Å². The lowest BCUT2D eigenvalue weighted by atomic mass is 10.5. The van der Waals surface area contributed by atoms with Gasteiger partial charge in [0.2, 0.25) is 0 Å². The van der Waals surface area contributed by atoms with Gasteiger partial charge in [0, 0.05) is 0 Å². The van der Waals surface area contributed by atoms with Crippen LogP contribution >= 0.6 is 0 Å². The zero-order valence-electron chi connectivity index (χ0n) is 8.03. The number of carbonyl (C=O) groups excluding carboxylic acids is 1.